The molecular formula is C24H32FN3O2. The van der Waals surface area contributed by atoms with Gasteiger partial charge in [-0.15, -0.1) is 0 Å². The molecule has 2 N–H and O–H groups in total. The summed E-state index contributed by atoms with van der Waals surface area (Å²) in [5.74, 6) is 0.594. The lowest BCUT2D eigenvalue weighted by atomic mass is 9.95. The fourth-order valence-corrected chi connectivity index (χ4v) is 3.52. The molecule has 162 valence electrons. The number of ether oxygens (including phenoxy) is 2. The van der Waals surface area contributed by atoms with Crippen molar-refractivity contribution in [3.63, 3.8) is 0 Å². The molecule has 1 aliphatic rings. The number of aliphatic imine (C=N–C) groups is 1. The van der Waals surface area contributed by atoms with Crippen LogP contribution in [0.2, 0.25) is 0 Å². The average molecular weight is 414 g/mol. The lowest BCUT2D eigenvalue weighted by molar-refractivity contribution is 0.0453. The molecule has 2 aromatic carbocycles. The summed E-state index contributed by atoms with van der Waals surface area (Å²) in [6, 6.07) is 15.4. The van der Waals surface area contributed by atoms with Crippen LogP contribution in [-0.4, -0.2) is 39.4 Å². The van der Waals surface area contributed by atoms with E-state index in [9.17, 15) is 4.39 Å². The van der Waals surface area contributed by atoms with Crippen molar-refractivity contribution in [3.05, 3.63) is 71.0 Å². The number of hydrogen-bond donors (Lipinski definition) is 2. The predicted octanol–water partition coefficient (Wildman–Crippen LogP) is 3.78. The topological polar surface area (TPSA) is 54.9 Å². The first-order valence-electron chi connectivity index (χ1n) is 10.6. The zero-order valence-electron chi connectivity index (χ0n) is 17.9. The maximum absolute atomic E-state index is 14.2. The van der Waals surface area contributed by atoms with Gasteiger partial charge in [-0.2, -0.15) is 0 Å². The molecule has 1 aliphatic carbocycles. The molecule has 0 unspecified atom stereocenters. The number of benzene rings is 2. The average Bonchev–Trinajstić information content (AvgIpc) is 3.55. The van der Waals surface area contributed by atoms with E-state index >= 15 is 0 Å². The first kappa shape index (κ1) is 22.2. The van der Waals surface area contributed by atoms with Crippen molar-refractivity contribution < 1.29 is 13.9 Å². The Kier molecular flexibility index (Phi) is 8.22. The Bertz CT molecular complexity index is 837. The Morgan fingerprint density at radius 1 is 1.03 bits per heavy atom. The Hall–Kier alpha value is -2.44. The number of nitrogens with zero attached hydrogens (tertiary/aromatic N) is 1. The quantitative estimate of drug-likeness (QED) is 0.334. The standard InChI is InChI=1S/C24H32FN3O2/c1-3-29-13-14-30-17-20-8-6-7-19(15-20)16-27-23(26-2)28-18-24(11-12-24)21-9-4-5-10-22(21)25/h4-10,15H,3,11-14,16-18H2,1-2H3,(H2,26,27,28). The molecule has 2 aromatic rings. The number of nitrogens with one attached hydrogen (secondary N) is 2. The molecule has 0 atom stereocenters. The van der Waals surface area contributed by atoms with Crippen molar-refractivity contribution in [2.45, 2.75) is 38.3 Å². The highest BCUT2D eigenvalue weighted by atomic mass is 19.1. The summed E-state index contributed by atoms with van der Waals surface area (Å²) >= 11 is 0. The first-order valence-corrected chi connectivity index (χ1v) is 10.6. The van der Waals surface area contributed by atoms with Crippen molar-refractivity contribution in [2.75, 3.05) is 33.4 Å². The zero-order chi connectivity index (χ0) is 21.2. The second kappa shape index (κ2) is 11.1. The summed E-state index contributed by atoms with van der Waals surface area (Å²) in [4.78, 5) is 4.31. The molecule has 3 rings (SSSR count). The normalized spacial score (nSPS) is 15.1. The smallest absolute Gasteiger partial charge is 0.191 e. The minimum atomic E-state index is -0.125. The molecule has 0 radical (unpaired) electrons. The molecule has 1 fully saturated rings. The highest BCUT2D eigenvalue weighted by Gasteiger charge is 2.45. The van der Waals surface area contributed by atoms with Crippen molar-refractivity contribution in [2.24, 2.45) is 4.99 Å². The highest BCUT2D eigenvalue weighted by Crippen LogP contribution is 2.48. The summed E-state index contributed by atoms with van der Waals surface area (Å²) in [5, 5.41) is 6.72. The van der Waals surface area contributed by atoms with Gasteiger partial charge in [0.15, 0.2) is 5.96 Å². The SMILES string of the molecule is CCOCCOCc1cccc(CNC(=NC)NCC2(c3ccccc3F)CC2)c1. The van der Waals surface area contributed by atoms with E-state index < -0.39 is 0 Å². The molecule has 0 saturated heterocycles. The third kappa shape index (κ3) is 6.28. The van der Waals surface area contributed by atoms with E-state index in [4.69, 9.17) is 9.47 Å². The number of rotatable bonds is 11. The molecule has 0 heterocycles. The maximum atomic E-state index is 14.2. The molecule has 0 aliphatic heterocycles. The van der Waals surface area contributed by atoms with Crippen LogP contribution in [-0.2, 0) is 28.0 Å². The molecular weight excluding hydrogens is 381 g/mol. The Morgan fingerprint density at radius 3 is 2.53 bits per heavy atom. The minimum absolute atomic E-state index is 0.123. The van der Waals surface area contributed by atoms with Gasteiger partial charge >= 0.3 is 0 Å². The van der Waals surface area contributed by atoms with Crippen LogP contribution >= 0.6 is 0 Å². The van der Waals surface area contributed by atoms with E-state index in [1.54, 1.807) is 13.1 Å². The van der Waals surface area contributed by atoms with Gasteiger partial charge in [-0.1, -0.05) is 42.5 Å². The van der Waals surface area contributed by atoms with Gasteiger partial charge < -0.3 is 20.1 Å². The third-order valence-electron chi connectivity index (χ3n) is 5.41. The van der Waals surface area contributed by atoms with Crippen molar-refractivity contribution >= 4 is 5.96 Å². The lowest BCUT2D eigenvalue weighted by Crippen LogP contribution is -2.41. The van der Waals surface area contributed by atoms with Gasteiger partial charge in [0.2, 0.25) is 0 Å². The summed E-state index contributed by atoms with van der Waals surface area (Å²) < 4.78 is 25.1. The van der Waals surface area contributed by atoms with E-state index in [0.717, 1.165) is 35.5 Å². The third-order valence-corrected chi connectivity index (χ3v) is 5.41. The zero-order valence-corrected chi connectivity index (χ0v) is 17.9. The Morgan fingerprint density at radius 2 is 1.80 bits per heavy atom. The van der Waals surface area contributed by atoms with E-state index in [-0.39, 0.29) is 11.2 Å². The van der Waals surface area contributed by atoms with Gasteiger partial charge in [0.1, 0.15) is 5.82 Å². The minimum Gasteiger partial charge on any atom is -0.379 e. The van der Waals surface area contributed by atoms with E-state index in [2.05, 4.69) is 33.8 Å². The van der Waals surface area contributed by atoms with Crippen molar-refractivity contribution in [1.29, 1.82) is 0 Å². The van der Waals surface area contributed by atoms with Crippen LogP contribution in [0.25, 0.3) is 0 Å². The Balaban J connectivity index is 1.47. The fourth-order valence-electron chi connectivity index (χ4n) is 3.52. The predicted molar refractivity (Wildman–Crippen MR) is 118 cm³/mol. The van der Waals surface area contributed by atoms with Crippen LogP contribution in [0.5, 0.6) is 0 Å². The van der Waals surface area contributed by atoms with E-state index in [0.29, 0.717) is 39.5 Å². The van der Waals surface area contributed by atoms with E-state index in [1.807, 2.05) is 25.1 Å². The van der Waals surface area contributed by atoms with Crippen LogP contribution in [0.15, 0.2) is 53.5 Å². The van der Waals surface area contributed by atoms with Gasteiger partial charge in [0, 0.05) is 32.2 Å². The summed E-state index contributed by atoms with van der Waals surface area (Å²) in [5.41, 5.74) is 2.95. The molecule has 5 nitrogen and oxygen atoms in total. The van der Waals surface area contributed by atoms with Crippen LogP contribution in [0.3, 0.4) is 0 Å². The molecule has 6 heteroatoms. The number of hydrogen-bond acceptors (Lipinski definition) is 3. The van der Waals surface area contributed by atoms with Crippen LogP contribution < -0.4 is 10.6 Å². The summed E-state index contributed by atoms with van der Waals surface area (Å²) in [7, 11) is 1.75. The fraction of sp³-hybridized carbons (Fsp3) is 0.458. The summed E-state index contributed by atoms with van der Waals surface area (Å²) in [6.07, 6.45) is 1.98. The second-order valence-corrected chi connectivity index (χ2v) is 7.61. The van der Waals surface area contributed by atoms with Crippen LogP contribution in [0.4, 0.5) is 4.39 Å². The van der Waals surface area contributed by atoms with Gasteiger partial charge in [-0.05, 0) is 42.5 Å². The van der Waals surface area contributed by atoms with Gasteiger partial charge in [-0.3, -0.25) is 4.99 Å². The van der Waals surface area contributed by atoms with Crippen molar-refractivity contribution in [3.8, 4) is 0 Å². The Labute approximate surface area is 178 Å². The number of guanidine groups is 1. The summed E-state index contributed by atoms with van der Waals surface area (Å²) in [6.45, 7) is 5.79. The van der Waals surface area contributed by atoms with Gasteiger partial charge in [0.25, 0.3) is 0 Å². The van der Waals surface area contributed by atoms with Gasteiger partial charge in [-0.25, -0.2) is 4.39 Å². The molecule has 0 spiro atoms. The molecule has 0 amide bonds. The monoisotopic (exact) mass is 413 g/mol. The second-order valence-electron chi connectivity index (χ2n) is 7.61. The van der Waals surface area contributed by atoms with E-state index in [1.165, 1.54) is 6.07 Å². The van der Waals surface area contributed by atoms with Crippen LogP contribution in [0, 0.1) is 5.82 Å². The molecule has 1 saturated carbocycles. The highest BCUT2D eigenvalue weighted by molar-refractivity contribution is 5.79. The van der Waals surface area contributed by atoms with Gasteiger partial charge in [0.05, 0.1) is 19.8 Å². The largest absolute Gasteiger partial charge is 0.379 e. The van der Waals surface area contributed by atoms with Crippen molar-refractivity contribution in [1.82, 2.24) is 10.6 Å². The molecule has 30 heavy (non-hydrogen) atoms. The lowest BCUT2D eigenvalue weighted by Gasteiger charge is -2.19. The number of halogens is 1. The first-order chi connectivity index (χ1) is 14.7. The molecule has 0 bridgehead atoms. The molecule has 0 aromatic heterocycles. The van der Waals surface area contributed by atoms with Crippen LogP contribution in [0.1, 0.15) is 36.5 Å². The maximum Gasteiger partial charge on any atom is 0.191 e.